The Balaban J connectivity index is 2.59. The van der Waals surface area contributed by atoms with Crippen molar-refractivity contribution in [2.75, 3.05) is 0 Å². The molecule has 0 aromatic carbocycles. The van der Waals surface area contributed by atoms with E-state index in [1.165, 1.54) is 0 Å². The second-order valence-electron chi connectivity index (χ2n) is 2.76. The summed E-state index contributed by atoms with van der Waals surface area (Å²) in [5.41, 5.74) is -0.772. The van der Waals surface area contributed by atoms with Gasteiger partial charge in [0.1, 0.15) is 11.8 Å². The number of carbonyl (C=O) groups is 1. The minimum Gasteiger partial charge on any atom is -0.477 e. The first kappa shape index (κ1) is 9.83. The molecule has 9 heteroatoms. The molecule has 2 N–H and O–H groups in total. The van der Waals surface area contributed by atoms with Gasteiger partial charge >= 0.3 is 11.7 Å². The van der Waals surface area contributed by atoms with E-state index in [0.717, 1.165) is 12.4 Å². The van der Waals surface area contributed by atoms with Crippen LogP contribution in [0.1, 0.15) is 10.4 Å². The van der Waals surface area contributed by atoms with E-state index < -0.39 is 10.9 Å². The van der Waals surface area contributed by atoms with Crippen LogP contribution in [0, 0.1) is 10.1 Å². The molecule has 0 saturated carbocycles. The number of nitro groups is 1. The first-order valence-electron chi connectivity index (χ1n) is 3.97. The van der Waals surface area contributed by atoms with E-state index in [-0.39, 0.29) is 22.7 Å². The van der Waals surface area contributed by atoms with Crippen LogP contribution in [0.3, 0.4) is 0 Å². The van der Waals surface area contributed by atoms with Crippen LogP contribution in [0.4, 0.5) is 5.69 Å². The summed E-state index contributed by atoms with van der Waals surface area (Å²) in [5.74, 6) is -1.52. The molecule has 9 nitrogen and oxygen atoms in total. The van der Waals surface area contributed by atoms with Crippen LogP contribution in [-0.4, -0.2) is 31.4 Å². The number of hydrogen-bond donors (Lipinski definition) is 2. The average Bonchev–Trinajstić information content (AvgIpc) is 2.85. The zero-order valence-electron chi connectivity index (χ0n) is 7.58. The van der Waals surface area contributed by atoms with E-state index in [0.29, 0.717) is 0 Å². The second kappa shape index (κ2) is 3.46. The molecule has 2 heterocycles. The molecule has 0 aliphatic rings. The van der Waals surface area contributed by atoms with E-state index in [2.05, 4.69) is 19.9 Å². The highest BCUT2D eigenvalue weighted by Crippen LogP contribution is 2.29. The van der Waals surface area contributed by atoms with Gasteiger partial charge in [-0.1, -0.05) is 5.16 Å². The van der Waals surface area contributed by atoms with Crippen LogP contribution in [0.15, 0.2) is 16.9 Å². The predicted octanol–water partition coefficient (Wildman–Crippen LogP) is 0.671. The lowest BCUT2D eigenvalue weighted by molar-refractivity contribution is -0.384. The standard InChI is InChI=1S/C7H4N4O5/c12-7(13)3-1-9-16-6(3)5-4(11(14)15)2-8-10-5/h1-2H,(H,8,10)(H,12,13). The number of rotatable bonds is 3. The first-order valence-corrected chi connectivity index (χ1v) is 3.97. The molecule has 0 unspecified atom stereocenters. The average molecular weight is 224 g/mol. The van der Waals surface area contributed by atoms with Gasteiger partial charge in [0.2, 0.25) is 5.76 Å². The van der Waals surface area contributed by atoms with Crippen molar-refractivity contribution in [3.05, 3.63) is 28.1 Å². The van der Waals surface area contributed by atoms with Gasteiger partial charge in [-0.2, -0.15) is 5.10 Å². The van der Waals surface area contributed by atoms with Gasteiger partial charge in [0.15, 0.2) is 5.69 Å². The van der Waals surface area contributed by atoms with Crippen molar-refractivity contribution in [3.63, 3.8) is 0 Å². The highest BCUT2D eigenvalue weighted by atomic mass is 16.6. The number of aromatic amines is 1. The first-order chi connectivity index (χ1) is 7.61. The van der Waals surface area contributed by atoms with Crippen LogP contribution >= 0.6 is 0 Å². The van der Waals surface area contributed by atoms with Crippen LogP contribution in [0.5, 0.6) is 0 Å². The van der Waals surface area contributed by atoms with E-state index in [1.807, 2.05) is 0 Å². The molecule has 0 radical (unpaired) electrons. The molecule has 2 aromatic rings. The van der Waals surface area contributed by atoms with E-state index in [9.17, 15) is 14.9 Å². The number of H-pyrrole nitrogens is 1. The summed E-state index contributed by atoms with van der Waals surface area (Å²) < 4.78 is 4.65. The lowest BCUT2D eigenvalue weighted by Gasteiger charge is -1.92. The Labute approximate surface area is 86.8 Å². The topological polar surface area (TPSA) is 135 Å². The van der Waals surface area contributed by atoms with Crippen molar-refractivity contribution in [1.29, 1.82) is 0 Å². The summed E-state index contributed by atoms with van der Waals surface area (Å²) in [5, 5.41) is 28.4. The monoisotopic (exact) mass is 224 g/mol. The minimum atomic E-state index is -1.29. The molecule has 0 atom stereocenters. The number of aromatic carboxylic acids is 1. The summed E-state index contributed by atoms with van der Waals surface area (Å²) in [6, 6.07) is 0. The van der Waals surface area contributed by atoms with Gasteiger partial charge in [-0.25, -0.2) is 4.79 Å². The molecule has 0 spiro atoms. The lowest BCUT2D eigenvalue weighted by Crippen LogP contribution is -1.97. The summed E-state index contributed by atoms with van der Waals surface area (Å²) in [7, 11) is 0. The van der Waals surface area contributed by atoms with Crippen LogP contribution in [0.2, 0.25) is 0 Å². The number of hydrogen-bond acceptors (Lipinski definition) is 6. The van der Waals surface area contributed by atoms with Crippen molar-refractivity contribution >= 4 is 11.7 Å². The normalized spacial score (nSPS) is 10.2. The third-order valence-corrected chi connectivity index (χ3v) is 1.84. The highest BCUT2D eigenvalue weighted by Gasteiger charge is 2.26. The molecule has 0 amide bonds. The summed E-state index contributed by atoms with van der Waals surface area (Å²) in [6.45, 7) is 0. The Bertz CT molecular complexity index is 506. The molecule has 82 valence electrons. The number of aromatic nitrogens is 3. The van der Waals surface area contributed by atoms with Crippen molar-refractivity contribution in [2.45, 2.75) is 0 Å². The van der Waals surface area contributed by atoms with Crippen molar-refractivity contribution in [3.8, 4) is 11.5 Å². The number of carboxylic acids is 1. The number of nitrogens with one attached hydrogen (secondary N) is 1. The van der Waals surface area contributed by atoms with Crippen LogP contribution in [-0.2, 0) is 0 Å². The van der Waals surface area contributed by atoms with Crippen LogP contribution in [0.25, 0.3) is 11.5 Å². The summed E-state index contributed by atoms with van der Waals surface area (Å²) in [6.07, 6.45) is 1.92. The van der Waals surface area contributed by atoms with E-state index in [1.54, 1.807) is 0 Å². The zero-order valence-corrected chi connectivity index (χ0v) is 7.58. The molecule has 2 aromatic heterocycles. The fourth-order valence-electron chi connectivity index (χ4n) is 1.16. The van der Waals surface area contributed by atoms with Gasteiger partial charge in [-0.15, -0.1) is 0 Å². The Morgan fingerprint density at radius 3 is 2.94 bits per heavy atom. The largest absolute Gasteiger partial charge is 0.477 e. The van der Waals surface area contributed by atoms with Gasteiger partial charge in [-0.3, -0.25) is 15.2 Å². The van der Waals surface area contributed by atoms with Crippen molar-refractivity contribution < 1.29 is 19.3 Å². The third-order valence-electron chi connectivity index (χ3n) is 1.84. The van der Waals surface area contributed by atoms with Crippen molar-refractivity contribution in [2.24, 2.45) is 0 Å². The third kappa shape index (κ3) is 1.39. The van der Waals surface area contributed by atoms with E-state index in [4.69, 9.17) is 5.11 Å². The maximum absolute atomic E-state index is 10.8. The maximum Gasteiger partial charge on any atom is 0.341 e. The Kier molecular flexibility index (Phi) is 2.12. The van der Waals surface area contributed by atoms with Crippen molar-refractivity contribution in [1.82, 2.24) is 15.4 Å². The Morgan fingerprint density at radius 1 is 1.56 bits per heavy atom. The molecule has 0 aliphatic carbocycles. The Morgan fingerprint density at radius 2 is 2.31 bits per heavy atom. The fourth-order valence-corrected chi connectivity index (χ4v) is 1.16. The van der Waals surface area contributed by atoms with Gasteiger partial charge in [0.25, 0.3) is 0 Å². The Hall–Kier alpha value is -2.71. The van der Waals surface area contributed by atoms with Gasteiger partial charge in [0.05, 0.1) is 11.1 Å². The summed E-state index contributed by atoms with van der Waals surface area (Å²) >= 11 is 0. The molecular formula is C7H4N4O5. The molecule has 0 aliphatic heterocycles. The molecule has 0 bridgehead atoms. The minimum absolute atomic E-state index is 0.125. The smallest absolute Gasteiger partial charge is 0.341 e. The molecule has 0 saturated heterocycles. The van der Waals surface area contributed by atoms with Gasteiger partial charge < -0.3 is 9.63 Å². The number of carboxylic acid groups (broad SMARTS) is 1. The van der Waals surface area contributed by atoms with Gasteiger partial charge in [0, 0.05) is 0 Å². The predicted molar refractivity (Wildman–Crippen MR) is 47.7 cm³/mol. The number of nitrogens with zero attached hydrogens (tertiary/aromatic N) is 3. The highest BCUT2D eigenvalue weighted by molar-refractivity contribution is 5.94. The lowest BCUT2D eigenvalue weighted by atomic mass is 10.2. The molecule has 2 rings (SSSR count). The van der Waals surface area contributed by atoms with E-state index >= 15 is 0 Å². The molecule has 16 heavy (non-hydrogen) atoms. The SMILES string of the molecule is O=C(O)c1cnoc1-c1[nH]ncc1[N+](=O)[O-]. The molecular weight excluding hydrogens is 220 g/mol. The second-order valence-corrected chi connectivity index (χ2v) is 2.76. The summed E-state index contributed by atoms with van der Waals surface area (Å²) in [4.78, 5) is 20.6. The molecule has 0 fully saturated rings. The zero-order chi connectivity index (χ0) is 11.7. The van der Waals surface area contributed by atoms with Gasteiger partial charge in [-0.05, 0) is 0 Å². The van der Waals surface area contributed by atoms with Crippen LogP contribution < -0.4 is 0 Å². The maximum atomic E-state index is 10.8. The fraction of sp³-hybridized carbons (Fsp3) is 0. The quantitative estimate of drug-likeness (QED) is 0.577.